The number of hydrogen-bond acceptors (Lipinski definition) is 4. The van der Waals surface area contributed by atoms with Gasteiger partial charge in [-0.1, -0.05) is 6.07 Å². The molecule has 0 aliphatic carbocycles. The number of nitrogens with zero attached hydrogens (tertiary/aromatic N) is 3. The average Bonchev–Trinajstić information content (AvgIpc) is 3.19. The van der Waals surface area contributed by atoms with Crippen molar-refractivity contribution in [3.05, 3.63) is 30.1 Å². The van der Waals surface area contributed by atoms with Crippen LogP contribution in [0, 0.1) is 5.92 Å². The highest BCUT2D eigenvalue weighted by molar-refractivity contribution is 5.75. The third-order valence-corrected chi connectivity index (χ3v) is 5.73. The molecule has 0 bridgehead atoms. The second kappa shape index (κ2) is 8.28. The summed E-state index contributed by atoms with van der Waals surface area (Å²) in [5.41, 5.74) is 1.25. The maximum atomic E-state index is 12.5. The Labute approximate surface area is 151 Å². The summed E-state index contributed by atoms with van der Waals surface area (Å²) in [7, 11) is 4.11. The molecule has 2 unspecified atom stereocenters. The summed E-state index contributed by atoms with van der Waals surface area (Å²) in [6, 6.07) is 4.49. The van der Waals surface area contributed by atoms with Gasteiger partial charge in [0.1, 0.15) is 0 Å². The van der Waals surface area contributed by atoms with Crippen LogP contribution in [0.2, 0.25) is 0 Å². The van der Waals surface area contributed by atoms with Crippen LogP contribution in [-0.2, 0) is 9.53 Å². The number of hydrogen-bond donors (Lipinski definition) is 0. The van der Waals surface area contributed by atoms with Crippen molar-refractivity contribution in [3.8, 4) is 0 Å². The topological polar surface area (TPSA) is 45.7 Å². The molecular weight excluding hydrogens is 314 g/mol. The zero-order valence-electron chi connectivity index (χ0n) is 15.7. The predicted molar refractivity (Wildman–Crippen MR) is 98.2 cm³/mol. The third-order valence-electron chi connectivity index (χ3n) is 5.73. The van der Waals surface area contributed by atoms with E-state index >= 15 is 0 Å². The van der Waals surface area contributed by atoms with Gasteiger partial charge in [-0.3, -0.25) is 14.7 Å². The van der Waals surface area contributed by atoms with Gasteiger partial charge >= 0.3 is 0 Å². The smallest absolute Gasteiger partial charge is 0.222 e. The van der Waals surface area contributed by atoms with Gasteiger partial charge in [-0.2, -0.15) is 0 Å². The molecule has 2 aliphatic heterocycles. The predicted octanol–water partition coefficient (Wildman–Crippen LogP) is 2.88. The fourth-order valence-corrected chi connectivity index (χ4v) is 4.32. The molecule has 1 aromatic rings. The van der Waals surface area contributed by atoms with E-state index < -0.39 is 0 Å². The molecule has 2 aliphatic rings. The largest absolute Gasteiger partial charge is 0.375 e. The molecule has 138 valence electrons. The number of carbonyl (C=O) groups excluding carboxylic acids is 1. The van der Waals surface area contributed by atoms with E-state index in [0.29, 0.717) is 24.5 Å². The standard InChI is InChI=1S/C20H31N3O2/c1-15-6-7-18(25-15)8-9-19(24)23(3)14-17-10-12-22(2)20(17)16-5-4-11-21-13-16/h4-5,11,13,15,17-18,20H,6-10,12,14H2,1-3H3/t15?,17-,18?,20-/m0/s1. The Hall–Kier alpha value is -1.46. The Balaban J connectivity index is 1.52. The first-order valence-electron chi connectivity index (χ1n) is 9.54. The van der Waals surface area contributed by atoms with E-state index in [2.05, 4.69) is 29.9 Å². The lowest BCUT2D eigenvalue weighted by Crippen LogP contribution is -2.34. The van der Waals surface area contributed by atoms with Crippen molar-refractivity contribution in [3.63, 3.8) is 0 Å². The van der Waals surface area contributed by atoms with Crippen LogP contribution in [0.25, 0.3) is 0 Å². The Kier molecular flexibility index (Phi) is 6.07. The first-order chi connectivity index (χ1) is 12.0. The number of pyridine rings is 1. The first kappa shape index (κ1) is 18.3. The van der Waals surface area contributed by atoms with E-state index in [1.54, 1.807) is 0 Å². The summed E-state index contributed by atoms with van der Waals surface area (Å²) in [5, 5.41) is 0. The Bertz CT molecular complexity index is 565. The maximum Gasteiger partial charge on any atom is 0.222 e. The van der Waals surface area contributed by atoms with Crippen molar-refractivity contribution in [2.75, 3.05) is 27.2 Å². The van der Waals surface area contributed by atoms with Gasteiger partial charge in [0.05, 0.1) is 12.2 Å². The van der Waals surface area contributed by atoms with Crippen LogP contribution in [-0.4, -0.2) is 60.1 Å². The number of rotatable bonds is 6. The van der Waals surface area contributed by atoms with Gasteiger partial charge in [-0.05, 0) is 63.7 Å². The van der Waals surface area contributed by atoms with Crippen molar-refractivity contribution < 1.29 is 9.53 Å². The second-order valence-electron chi connectivity index (χ2n) is 7.72. The van der Waals surface area contributed by atoms with Crippen LogP contribution in [0.4, 0.5) is 0 Å². The van der Waals surface area contributed by atoms with Crippen LogP contribution in [0.1, 0.15) is 50.6 Å². The van der Waals surface area contributed by atoms with Crippen LogP contribution < -0.4 is 0 Å². The molecule has 5 nitrogen and oxygen atoms in total. The molecule has 2 saturated heterocycles. The first-order valence-corrected chi connectivity index (χ1v) is 9.54. The summed E-state index contributed by atoms with van der Waals surface area (Å²) in [6.07, 6.45) is 9.18. The van der Waals surface area contributed by atoms with Gasteiger partial charge < -0.3 is 9.64 Å². The molecule has 3 rings (SSSR count). The molecule has 0 spiro atoms. The monoisotopic (exact) mass is 345 g/mol. The minimum absolute atomic E-state index is 0.239. The minimum atomic E-state index is 0.239. The number of carbonyl (C=O) groups is 1. The SMILES string of the molecule is CC1CCC(CCC(=O)N(C)C[C@@H]2CCN(C)[C@H]2c2cccnc2)O1. The highest BCUT2D eigenvalue weighted by atomic mass is 16.5. The maximum absolute atomic E-state index is 12.5. The molecule has 3 heterocycles. The van der Waals surface area contributed by atoms with E-state index in [-0.39, 0.29) is 12.0 Å². The summed E-state index contributed by atoms with van der Waals surface area (Å²) in [4.78, 5) is 21.1. The van der Waals surface area contributed by atoms with Gasteiger partial charge in [-0.15, -0.1) is 0 Å². The Morgan fingerprint density at radius 2 is 2.24 bits per heavy atom. The molecular formula is C20H31N3O2. The van der Waals surface area contributed by atoms with Crippen LogP contribution in [0.3, 0.4) is 0 Å². The van der Waals surface area contributed by atoms with Gasteiger partial charge in [-0.25, -0.2) is 0 Å². The Morgan fingerprint density at radius 1 is 1.40 bits per heavy atom. The van der Waals surface area contributed by atoms with Crippen molar-refractivity contribution in [2.24, 2.45) is 5.92 Å². The fraction of sp³-hybridized carbons (Fsp3) is 0.700. The quantitative estimate of drug-likeness (QED) is 0.795. The molecule has 1 aromatic heterocycles. The van der Waals surface area contributed by atoms with E-state index in [9.17, 15) is 4.79 Å². The van der Waals surface area contributed by atoms with E-state index in [0.717, 1.165) is 38.8 Å². The zero-order valence-corrected chi connectivity index (χ0v) is 15.7. The number of ether oxygens (including phenoxy) is 1. The highest BCUT2D eigenvalue weighted by Crippen LogP contribution is 2.36. The molecule has 4 atom stereocenters. The Morgan fingerprint density at radius 3 is 2.92 bits per heavy atom. The summed E-state index contributed by atoms with van der Waals surface area (Å²) in [6.45, 7) is 3.99. The number of amides is 1. The summed E-state index contributed by atoms with van der Waals surface area (Å²) < 4.78 is 5.83. The lowest BCUT2D eigenvalue weighted by atomic mass is 9.94. The molecule has 1 amide bonds. The second-order valence-corrected chi connectivity index (χ2v) is 7.72. The summed E-state index contributed by atoms with van der Waals surface area (Å²) in [5.74, 6) is 0.702. The molecule has 2 fully saturated rings. The van der Waals surface area contributed by atoms with Crippen LogP contribution in [0.5, 0.6) is 0 Å². The van der Waals surface area contributed by atoms with E-state index in [4.69, 9.17) is 4.74 Å². The van der Waals surface area contributed by atoms with Gasteiger partial charge in [0.15, 0.2) is 0 Å². The van der Waals surface area contributed by atoms with Gasteiger partial charge in [0.2, 0.25) is 5.91 Å². The number of likely N-dealkylation sites (tertiary alicyclic amines) is 1. The fourth-order valence-electron chi connectivity index (χ4n) is 4.32. The van der Waals surface area contributed by atoms with Crippen LogP contribution >= 0.6 is 0 Å². The summed E-state index contributed by atoms with van der Waals surface area (Å²) >= 11 is 0. The van der Waals surface area contributed by atoms with Crippen molar-refractivity contribution in [2.45, 2.75) is 57.3 Å². The molecule has 0 radical (unpaired) electrons. The number of aromatic nitrogens is 1. The van der Waals surface area contributed by atoms with Crippen molar-refractivity contribution in [1.29, 1.82) is 0 Å². The lowest BCUT2D eigenvalue weighted by molar-refractivity contribution is -0.131. The van der Waals surface area contributed by atoms with E-state index in [1.807, 2.05) is 30.4 Å². The zero-order chi connectivity index (χ0) is 17.8. The lowest BCUT2D eigenvalue weighted by Gasteiger charge is -2.29. The molecule has 0 aromatic carbocycles. The average molecular weight is 345 g/mol. The van der Waals surface area contributed by atoms with Gasteiger partial charge in [0, 0.05) is 38.4 Å². The van der Waals surface area contributed by atoms with E-state index in [1.165, 1.54) is 5.56 Å². The van der Waals surface area contributed by atoms with Gasteiger partial charge in [0.25, 0.3) is 0 Å². The molecule has 0 saturated carbocycles. The third kappa shape index (κ3) is 4.59. The molecule has 5 heteroatoms. The normalized spacial score (nSPS) is 29.9. The molecule has 25 heavy (non-hydrogen) atoms. The minimum Gasteiger partial charge on any atom is -0.375 e. The van der Waals surface area contributed by atoms with Crippen molar-refractivity contribution in [1.82, 2.24) is 14.8 Å². The van der Waals surface area contributed by atoms with Crippen molar-refractivity contribution >= 4 is 5.91 Å². The highest BCUT2D eigenvalue weighted by Gasteiger charge is 2.34. The van der Waals surface area contributed by atoms with Crippen LogP contribution in [0.15, 0.2) is 24.5 Å². The molecule has 0 N–H and O–H groups in total.